The number of rotatable bonds is 3. The summed E-state index contributed by atoms with van der Waals surface area (Å²) in [6.07, 6.45) is -0.544. The molecule has 4 rings (SSSR count). The van der Waals surface area contributed by atoms with Crippen molar-refractivity contribution in [2.45, 2.75) is 32.1 Å². The molecule has 142 valence electrons. The molecular weight excluding hydrogens is 416 g/mol. The van der Waals surface area contributed by atoms with Crippen molar-refractivity contribution in [2.75, 3.05) is 19.1 Å². The van der Waals surface area contributed by atoms with Crippen molar-refractivity contribution < 1.29 is 14.3 Å². The van der Waals surface area contributed by atoms with Gasteiger partial charge in [-0.05, 0) is 32.0 Å². The number of fused-ring (bicyclic) bond motifs is 3. The minimum absolute atomic E-state index is 0.00689. The van der Waals surface area contributed by atoms with Gasteiger partial charge in [0.1, 0.15) is 11.9 Å². The Labute approximate surface area is 164 Å². The second-order valence-electron chi connectivity index (χ2n) is 6.80. The van der Waals surface area contributed by atoms with Gasteiger partial charge in [-0.25, -0.2) is 4.79 Å². The van der Waals surface area contributed by atoms with Crippen molar-refractivity contribution in [1.29, 1.82) is 0 Å². The summed E-state index contributed by atoms with van der Waals surface area (Å²) in [7, 11) is 3.25. The largest absolute Gasteiger partial charge is 0.496 e. The minimum atomic E-state index is -0.574. The number of methoxy groups -OCH3 is 1. The van der Waals surface area contributed by atoms with E-state index in [2.05, 4.69) is 31.4 Å². The molecule has 1 saturated heterocycles. The van der Waals surface area contributed by atoms with E-state index < -0.39 is 18.2 Å². The highest BCUT2D eigenvalue weighted by Gasteiger charge is 2.53. The van der Waals surface area contributed by atoms with Crippen LogP contribution in [-0.2, 0) is 4.79 Å². The third-order valence-corrected chi connectivity index (χ3v) is 5.42. The zero-order valence-electron chi connectivity index (χ0n) is 15.3. The SMILES string of the molecule is COc1ccc(Br)cc1-c1nnc2n1C1C(C(=O)NC(=O)N1C)N2C(C)C. The molecule has 3 heterocycles. The van der Waals surface area contributed by atoms with Crippen LogP contribution in [0.15, 0.2) is 22.7 Å². The number of aromatic nitrogens is 3. The third-order valence-electron chi connectivity index (χ3n) is 4.93. The molecule has 2 unspecified atom stereocenters. The van der Waals surface area contributed by atoms with Gasteiger partial charge in [0, 0.05) is 17.6 Å². The number of carbonyl (C=O) groups excluding carboxylic acids is 2. The molecule has 9 nitrogen and oxygen atoms in total. The summed E-state index contributed by atoms with van der Waals surface area (Å²) in [6.45, 7) is 3.95. The molecule has 3 amide bonds. The van der Waals surface area contributed by atoms with E-state index in [0.29, 0.717) is 17.5 Å². The number of ether oxygens (including phenoxy) is 1. The fourth-order valence-electron chi connectivity index (χ4n) is 3.74. The number of benzene rings is 1. The van der Waals surface area contributed by atoms with Gasteiger partial charge < -0.3 is 14.5 Å². The normalized spacial score (nSPS) is 21.4. The predicted octanol–water partition coefficient (Wildman–Crippen LogP) is 1.99. The number of nitrogens with zero attached hydrogens (tertiary/aromatic N) is 5. The van der Waals surface area contributed by atoms with Gasteiger partial charge in [-0.1, -0.05) is 15.9 Å². The Morgan fingerprint density at radius 1 is 1.26 bits per heavy atom. The maximum absolute atomic E-state index is 12.6. The van der Waals surface area contributed by atoms with Crippen molar-refractivity contribution in [3.63, 3.8) is 0 Å². The Bertz CT molecular complexity index is 943. The topological polar surface area (TPSA) is 92.6 Å². The molecule has 2 atom stereocenters. The van der Waals surface area contributed by atoms with E-state index in [0.717, 1.165) is 10.0 Å². The van der Waals surface area contributed by atoms with Gasteiger partial charge in [0.15, 0.2) is 11.9 Å². The number of urea groups is 1. The molecule has 1 N–H and O–H groups in total. The molecular formula is C17H19BrN6O3. The van der Waals surface area contributed by atoms with E-state index in [-0.39, 0.29) is 11.9 Å². The number of nitrogens with one attached hydrogen (secondary N) is 1. The van der Waals surface area contributed by atoms with Crippen LogP contribution in [0.5, 0.6) is 5.75 Å². The molecule has 2 aliphatic heterocycles. The number of halogens is 1. The number of anilines is 1. The lowest BCUT2D eigenvalue weighted by molar-refractivity contribution is -0.125. The van der Waals surface area contributed by atoms with Gasteiger partial charge in [0.05, 0.1) is 12.7 Å². The summed E-state index contributed by atoms with van der Waals surface area (Å²) in [5, 5.41) is 11.1. The van der Waals surface area contributed by atoms with Gasteiger partial charge in [-0.3, -0.25) is 14.7 Å². The summed E-state index contributed by atoms with van der Waals surface area (Å²) < 4.78 is 8.18. The van der Waals surface area contributed by atoms with Crippen LogP contribution in [0.25, 0.3) is 11.4 Å². The van der Waals surface area contributed by atoms with Crippen molar-refractivity contribution >= 4 is 33.8 Å². The van der Waals surface area contributed by atoms with Crippen LogP contribution in [-0.4, -0.2) is 57.8 Å². The van der Waals surface area contributed by atoms with E-state index in [1.807, 2.05) is 41.5 Å². The van der Waals surface area contributed by atoms with Gasteiger partial charge >= 0.3 is 6.03 Å². The molecule has 2 aliphatic rings. The number of hydrogen-bond donors (Lipinski definition) is 1. The smallest absolute Gasteiger partial charge is 0.325 e. The standard InChI is InChI=1S/C17H19BrN6O3/c1-8(2)23-12-14(25)19-17(26)22(3)15(12)24-13(20-21-16(23)24)10-7-9(18)5-6-11(10)27-4/h5-8,12,15H,1-4H3,(H,19,25,26). The highest BCUT2D eigenvalue weighted by atomic mass is 79.9. The Hall–Kier alpha value is -2.62. The van der Waals surface area contributed by atoms with Crippen LogP contribution in [0.4, 0.5) is 10.7 Å². The van der Waals surface area contributed by atoms with Crippen LogP contribution >= 0.6 is 15.9 Å². The van der Waals surface area contributed by atoms with Gasteiger partial charge in [0.25, 0.3) is 5.91 Å². The van der Waals surface area contributed by atoms with E-state index in [1.54, 1.807) is 14.2 Å². The van der Waals surface area contributed by atoms with Crippen LogP contribution in [0, 0.1) is 0 Å². The van der Waals surface area contributed by atoms with Crippen molar-refractivity contribution in [3.8, 4) is 17.1 Å². The van der Waals surface area contributed by atoms with E-state index >= 15 is 0 Å². The van der Waals surface area contributed by atoms with Gasteiger partial charge in [-0.15, -0.1) is 10.2 Å². The lowest BCUT2D eigenvalue weighted by Gasteiger charge is -2.38. The first-order valence-corrected chi connectivity index (χ1v) is 9.29. The summed E-state index contributed by atoms with van der Waals surface area (Å²) in [5.74, 6) is 1.38. The van der Waals surface area contributed by atoms with E-state index in [4.69, 9.17) is 4.74 Å². The van der Waals surface area contributed by atoms with Crippen molar-refractivity contribution in [2.24, 2.45) is 0 Å². The number of likely N-dealkylation sites (N-methyl/N-ethyl adjacent to an activating group) is 1. The molecule has 0 bridgehead atoms. The molecule has 0 spiro atoms. The summed E-state index contributed by atoms with van der Waals surface area (Å²) in [4.78, 5) is 28.3. The third kappa shape index (κ3) is 2.50. The summed E-state index contributed by atoms with van der Waals surface area (Å²) in [5.41, 5.74) is 0.724. The highest BCUT2D eigenvalue weighted by Crippen LogP contribution is 2.43. The highest BCUT2D eigenvalue weighted by molar-refractivity contribution is 9.10. The Morgan fingerprint density at radius 3 is 2.67 bits per heavy atom. The van der Waals surface area contributed by atoms with Gasteiger partial charge in [0.2, 0.25) is 5.95 Å². The van der Waals surface area contributed by atoms with Gasteiger partial charge in [-0.2, -0.15) is 0 Å². The zero-order valence-corrected chi connectivity index (χ0v) is 16.9. The Kier molecular flexibility index (Phi) is 4.10. The molecule has 1 fully saturated rings. The average molecular weight is 435 g/mol. The maximum Gasteiger partial charge on any atom is 0.325 e. The summed E-state index contributed by atoms with van der Waals surface area (Å²) >= 11 is 3.47. The number of hydrogen-bond acceptors (Lipinski definition) is 6. The Morgan fingerprint density at radius 2 is 2.00 bits per heavy atom. The van der Waals surface area contributed by atoms with Crippen molar-refractivity contribution in [3.05, 3.63) is 22.7 Å². The second kappa shape index (κ2) is 6.22. The maximum atomic E-state index is 12.6. The lowest BCUT2D eigenvalue weighted by Crippen LogP contribution is -2.62. The minimum Gasteiger partial charge on any atom is -0.496 e. The fraction of sp³-hybridized carbons (Fsp3) is 0.412. The van der Waals surface area contributed by atoms with Crippen LogP contribution in [0.3, 0.4) is 0 Å². The predicted molar refractivity (Wildman–Crippen MR) is 101 cm³/mol. The molecule has 1 aromatic carbocycles. The second-order valence-corrected chi connectivity index (χ2v) is 7.72. The van der Waals surface area contributed by atoms with Crippen LogP contribution in [0.2, 0.25) is 0 Å². The van der Waals surface area contributed by atoms with Crippen molar-refractivity contribution in [1.82, 2.24) is 25.0 Å². The molecule has 27 heavy (non-hydrogen) atoms. The number of imide groups is 1. The summed E-state index contributed by atoms with van der Waals surface area (Å²) in [6, 6.07) is 4.56. The molecule has 0 aliphatic carbocycles. The first-order chi connectivity index (χ1) is 12.8. The quantitative estimate of drug-likeness (QED) is 0.793. The first kappa shape index (κ1) is 17.8. The monoisotopic (exact) mass is 434 g/mol. The number of carbonyl (C=O) groups is 2. The molecule has 10 heteroatoms. The van der Waals surface area contributed by atoms with E-state index in [9.17, 15) is 9.59 Å². The zero-order chi connectivity index (χ0) is 19.5. The first-order valence-electron chi connectivity index (χ1n) is 8.50. The molecule has 2 aromatic rings. The van der Waals surface area contributed by atoms with E-state index in [1.165, 1.54) is 4.90 Å². The number of amides is 3. The Balaban J connectivity index is 1.95. The lowest BCUT2D eigenvalue weighted by atomic mass is 10.1. The van der Waals surface area contributed by atoms with Crippen LogP contribution < -0.4 is 15.0 Å². The molecule has 1 aromatic heterocycles. The van der Waals surface area contributed by atoms with Crippen LogP contribution in [0.1, 0.15) is 20.0 Å². The fourth-order valence-corrected chi connectivity index (χ4v) is 4.10. The average Bonchev–Trinajstić information content (AvgIpc) is 3.17. The molecule has 0 radical (unpaired) electrons. The molecule has 0 saturated carbocycles.